The molecule has 0 saturated heterocycles. The van der Waals surface area contributed by atoms with E-state index >= 15 is 0 Å². The van der Waals surface area contributed by atoms with Crippen molar-refractivity contribution in [1.82, 2.24) is 9.47 Å². The molecule has 0 saturated carbocycles. The van der Waals surface area contributed by atoms with Crippen LogP contribution in [0, 0.1) is 21.4 Å². The van der Waals surface area contributed by atoms with Crippen LogP contribution >= 0.6 is 0 Å². The number of hydrogen-bond acceptors (Lipinski definition) is 4. The maximum atomic E-state index is 10.8. The van der Waals surface area contributed by atoms with E-state index in [1.807, 2.05) is 14.1 Å². The summed E-state index contributed by atoms with van der Waals surface area (Å²) in [6, 6.07) is 6.53. The van der Waals surface area contributed by atoms with Gasteiger partial charge in [0.1, 0.15) is 11.6 Å². The number of aryl methyl sites for hydroxylation is 1. The minimum Gasteiger partial charge on any atom is -0.369 e. The van der Waals surface area contributed by atoms with E-state index < -0.39 is 4.92 Å². The van der Waals surface area contributed by atoms with Gasteiger partial charge < -0.3 is 9.47 Å². The molecular formula is C13H13N5O2. The third kappa shape index (κ3) is 2.19. The molecule has 0 spiro atoms. The summed E-state index contributed by atoms with van der Waals surface area (Å²) in [5.74, 6) is 0.483. The van der Waals surface area contributed by atoms with E-state index in [9.17, 15) is 15.4 Å². The maximum Gasteiger partial charge on any atom is 0.271 e. The summed E-state index contributed by atoms with van der Waals surface area (Å²) >= 11 is 0. The third-order valence-electron chi connectivity index (χ3n) is 2.89. The number of aliphatic imine (C=N–C) groups is 1. The van der Waals surface area contributed by atoms with E-state index in [2.05, 4.69) is 11.1 Å². The molecule has 0 aliphatic heterocycles. The van der Waals surface area contributed by atoms with Crippen LogP contribution < -0.4 is 0 Å². The van der Waals surface area contributed by atoms with Gasteiger partial charge in [-0.3, -0.25) is 10.1 Å². The summed E-state index contributed by atoms with van der Waals surface area (Å²) in [6.07, 6.45) is 1.59. The molecule has 1 aromatic heterocycles. The number of rotatable bonds is 3. The van der Waals surface area contributed by atoms with Crippen molar-refractivity contribution in [2.75, 3.05) is 14.1 Å². The Labute approximate surface area is 115 Å². The van der Waals surface area contributed by atoms with Crippen LogP contribution in [0.3, 0.4) is 0 Å². The minimum absolute atomic E-state index is 0.00858. The van der Waals surface area contributed by atoms with Gasteiger partial charge in [-0.2, -0.15) is 5.26 Å². The monoisotopic (exact) mass is 271 g/mol. The number of hydrogen-bond donors (Lipinski definition) is 0. The molecule has 0 fully saturated rings. The van der Waals surface area contributed by atoms with Crippen LogP contribution in [-0.2, 0) is 7.05 Å². The normalized spacial score (nSPS) is 10.9. The summed E-state index contributed by atoms with van der Waals surface area (Å²) < 4.78 is 1.68. The van der Waals surface area contributed by atoms with Gasteiger partial charge in [-0.1, -0.05) is 0 Å². The van der Waals surface area contributed by atoms with Crippen molar-refractivity contribution in [3.05, 3.63) is 33.9 Å². The largest absolute Gasteiger partial charge is 0.369 e. The molecule has 20 heavy (non-hydrogen) atoms. The van der Waals surface area contributed by atoms with Crippen molar-refractivity contribution in [3.8, 4) is 6.07 Å². The molecule has 1 heterocycles. The third-order valence-corrected chi connectivity index (χ3v) is 2.89. The molecule has 0 bridgehead atoms. The predicted octanol–water partition coefficient (Wildman–Crippen LogP) is 2.18. The molecule has 0 radical (unpaired) electrons. The van der Waals surface area contributed by atoms with Gasteiger partial charge >= 0.3 is 0 Å². The van der Waals surface area contributed by atoms with Gasteiger partial charge in [0.15, 0.2) is 5.82 Å². The Hall–Kier alpha value is -2.88. The first kappa shape index (κ1) is 13.5. The first-order chi connectivity index (χ1) is 9.45. The van der Waals surface area contributed by atoms with Gasteiger partial charge in [-0.25, -0.2) is 4.99 Å². The Balaban J connectivity index is 2.73. The zero-order chi connectivity index (χ0) is 14.9. The number of nitriles is 1. The summed E-state index contributed by atoms with van der Waals surface area (Å²) in [7, 11) is 5.38. The van der Waals surface area contributed by atoms with Crippen LogP contribution in [0.4, 0.5) is 11.5 Å². The van der Waals surface area contributed by atoms with Crippen LogP contribution in [0.15, 0.2) is 23.2 Å². The number of nitro benzene ring substituents is 1. The van der Waals surface area contributed by atoms with Crippen molar-refractivity contribution in [1.29, 1.82) is 5.26 Å². The van der Waals surface area contributed by atoms with Gasteiger partial charge in [0.25, 0.3) is 5.69 Å². The van der Waals surface area contributed by atoms with E-state index in [0.717, 1.165) is 0 Å². The molecule has 2 aromatic rings. The van der Waals surface area contributed by atoms with Gasteiger partial charge in [0.2, 0.25) is 0 Å². The van der Waals surface area contributed by atoms with Crippen molar-refractivity contribution < 1.29 is 4.92 Å². The fourth-order valence-corrected chi connectivity index (χ4v) is 1.96. The number of nitrogens with zero attached hydrogens (tertiary/aromatic N) is 5. The second kappa shape index (κ2) is 5.01. The first-order valence-corrected chi connectivity index (χ1v) is 5.83. The molecule has 1 aromatic carbocycles. The lowest BCUT2D eigenvalue weighted by atomic mass is 10.1. The highest BCUT2D eigenvalue weighted by molar-refractivity contribution is 5.93. The fraction of sp³-hybridized carbons (Fsp3) is 0.231. The van der Waals surface area contributed by atoms with E-state index in [-0.39, 0.29) is 5.69 Å². The number of aromatic nitrogens is 1. The molecule has 7 heteroatoms. The summed E-state index contributed by atoms with van der Waals surface area (Å²) in [5.41, 5.74) is 1.02. The molecule has 7 nitrogen and oxygen atoms in total. The van der Waals surface area contributed by atoms with E-state index in [0.29, 0.717) is 22.3 Å². The topological polar surface area (TPSA) is 87.5 Å². The lowest BCUT2D eigenvalue weighted by Crippen LogP contribution is -2.07. The Morgan fingerprint density at radius 2 is 2.20 bits per heavy atom. The average Bonchev–Trinajstić information content (AvgIpc) is 2.68. The van der Waals surface area contributed by atoms with Crippen LogP contribution in [-0.4, -0.2) is 34.8 Å². The minimum atomic E-state index is -0.457. The number of fused-ring (bicyclic) bond motifs is 1. The maximum absolute atomic E-state index is 10.8. The van der Waals surface area contributed by atoms with Gasteiger partial charge in [0, 0.05) is 38.7 Å². The van der Waals surface area contributed by atoms with Gasteiger partial charge in [0.05, 0.1) is 16.8 Å². The molecule has 0 amide bonds. The van der Waals surface area contributed by atoms with Crippen molar-refractivity contribution in [2.45, 2.75) is 0 Å². The molecule has 0 atom stereocenters. The summed E-state index contributed by atoms with van der Waals surface area (Å²) in [4.78, 5) is 16.4. The molecule has 102 valence electrons. The molecule has 0 aliphatic rings. The highest BCUT2D eigenvalue weighted by Crippen LogP contribution is 2.32. The quantitative estimate of drug-likeness (QED) is 0.370. The van der Waals surface area contributed by atoms with Gasteiger partial charge in [-0.05, 0) is 6.07 Å². The predicted molar refractivity (Wildman–Crippen MR) is 76.1 cm³/mol. The Bertz CT molecular complexity index is 752. The molecule has 0 N–H and O–H groups in total. The second-order valence-electron chi connectivity index (χ2n) is 4.54. The highest BCUT2D eigenvalue weighted by Gasteiger charge is 2.17. The summed E-state index contributed by atoms with van der Waals surface area (Å²) in [6.45, 7) is 0. The number of non-ortho nitro benzene ring substituents is 1. The van der Waals surface area contributed by atoms with Crippen LogP contribution in [0.1, 0.15) is 5.56 Å². The standard InChI is InChI=1S/C13H13N5O2/c1-16(2)8-15-13-11(7-14)10-5-4-9(18(19)20)6-12(10)17(13)3/h4-6,8H,1-3H3/b15-8+. The number of benzene rings is 1. The van der Waals surface area contributed by atoms with Crippen molar-refractivity contribution in [3.63, 3.8) is 0 Å². The summed E-state index contributed by atoms with van der Waals surface area (Å²) in [5, 5.41) is 20.8. The average molecular weight is 271 g/mol. The molecule has 0 aliphatic carbocycles. The second-order valence-corrected chi connectivity index (χ2v) is 4.54. The van der Waals surface area contributed by atoms with E-state index in [4.69, 9.17) is 0 Å². The van der Waals surface area contributed by atoms with Crippen LogP contribution in [0.25, 0.3) is 10.9 Å². The SMILES string of the molecule is CN(C)/C=N/c1c(C#N)c2ccc([N+](=O)[O-])cc2n1C. The highest BCUT2D eigenvalue weighted by atomic mass is 16.6. The van der Waals surface area contributed by atoms with Crippen LogP contribution in [0.2, 0.25) is 0 Å². The first-order valence-electron chi connectivity index (χ1n) is 5.83. The van der Waals surface area contributed by atoms with Crippen LogP contribution in [0.5, 0.6) is 0 Å². The molecule has 2 rings (SSSR count). The van der Waals surface area contributed by atoms with E-state index in [1.165, 1.54) is 12.1 Å². The molecular weight excluding hydrogens is 258 g/mol. The zero-order valence-corrected chi connectivity index (χ0v) is 11.4. The Morgan fingerprint density at radius 1 is 1.50 bits per heavy atom. The zero-order valence-electron chi connectivity index (χ0n) is 11.4. The molecule has 0 unspecified atom stereocenters. The number of nitro groups is 1. The van der Waals surface area contributed by atoms with Crippen molar-refractivity contribution in [2.24, 2.45) is 12.0 Å². The van der Waals surface area contributed by atoms with Gasteiger partial charge in [-0.15, -0.1) is 0 Å². The lowest BCUT2D eigenvalue weighted by molar-refractivity contribution is -0.384. The fourth-order valence-electron chi connectivity index (χ4n) is 1.96. The van der Waals surface area contributed by atoms with Crippen molar-refractivity contribution >= 4 is 28.7 Å². The Kier molecular flexibility index (Phi) is 3.39. The Morgan fingerprint density at radius 3 is 2.75 bits per heavy atom. The smallest absolute Gasteiger partial charge is 0.271 e. The lowest BCUT2D eigenvalue weighted by Gasteiger charge is -2.03. The van der Waals surface area contributed by atoms with E-state index in [1.54, 1.807) is 28.9 Å².